The highest BCUT2D eigenvalue weighted by Crippen LogP contribution is 2.31. The summed E-state index contributed by atoms with van der Waals surface area (Å²) in [5.41, 5.74) is 1.82. The Morgan fingerprint density at radius 1 is 1.14 bits per heavy atom. The number of rotatable bonds is 7. The number of ether oxygens (including phenoxy) is 1. The van der Waals surface area contributed by atoms with Crippen molar-refractivity contribution in [2.45, 2.75) is 31.8 Å². The summed E-state index contributed by atoms with van der Waals surface area (Å²) in [6.45, 7) is 1.70. The molecule has 2 unspecified atom stereocenters. The fraction of sp³-hybridized carbons (Fsp3) is 0.250. The van der Waals surface area contributed by atoms with E-state index in [-0.39, 0.29) is 0 Å². The largest absolute Gasteiger partial charge is 0.573 e. The molecule has 0 saturated heterocycles. The van der Waals surface area contributed by atoms with Gasteiger partial charge in [0.1, 0.15) is 5.75 Å². The van der Waals surface area contributed by atoms with Crippen molar-refractivity contribution in [2.24, 2.45) is 0 Å². The molecule has 2 aromatic carbocycles. The molecule has 1 heterocycles. The van der Waals surface area contributed by atoms with Crippen molar-refractivity contribution in [3.8, 4) is 16.9 Å². The van der Waals surface area contributed by atoms with Crippen LogP contribution in [0.3, 0.4) is 0 Å². The van der Waals surface area contributed by atoms with E-state index in [4.69, 9.17) is 0 Å². The van der Waals surface area contributed by atoms with Crippen molar-refractivity contribution >= 4 is 23.7 Å². The summed E-state index contributed by atoms with van der Waals surface area (Å²) >= 11 is 0. The van der Waals surface area contributed by atoms with Gasteiger partial charge in [0, 0.05) is 19.3 Å². The molecule has 12 heteroatoms. The van der Waals surface area contributed by atoms with Crippen LogP contribution in [0.5, 0.6) is 5.75 Å². The lowest BCUT2D eigenvalue weighted by Gasteiger charge is -2.25. The second-order valence-electron chi connectivity index (χ2n) is 8.08. The smallest absolute Gasteiger partial charge is 0.481 e. The van der Waals surface area contributed by atoms with Gasteiger partial charge < -0.3 is 25.4 Å². The van der Waals surface area contributed by atoms with Crippen LogP contribution in [0.25, 0.3) is 11.1 Å². The fourth-order valence-electron chi connectivity index (χ4n) is 3.62. The molecule has 3 N–H and O–H groups in total. The first kappa shape index (κ1) is 26.3. The minimum atomic E-state index is -4.87. The Bertz CT molecular complexity index is 1230. The van der Waals surface area contributed by atoms with Crippen molar-refractivity contribution in [1.29, 1.82) is 0 Å². The zero-order chi connectivity index (χ0) is 26.6. The van der Waals surface area contributed by atoms with Crippen LogP contribution in [-0.2, 0) is 14.4 Å². The number of nitrogens with one attached hydrogen (secondary N) is 2. The number of halogens is 3. The predicted molar refractivity (Wildman–Crippen MR) is 121 cm³/mol. The molecule has 190 valence electrons. The van der Waals surface area contributed by atoms with Crippen molar-refractivity contribution < 1.29 is 42.2 Å². The second kappa shape index (κ2) is 10.5. The Kier molecular flexibility index (Phi) is 7.66. The number of hydrogen-bond donors (Lipinski definition) is 3. The maximum atomic E-state index is 12.6. The molecule has 9 nitrogen and oxygen atoms in total. The maximum Gasteiger partial charge on any atom is 0.573 e. The Morgan fingerprint density at radius 2 is 1.86 bits per heavy atom. The van der Waals surface area contributed by atoms with Gasteiger partial charge >= 0.3 is 18.4 Å². The summed E-state index contributed by atoms with van der Waals surface area (Å²) in [7, 11) is 1.41. The second-order valence-corrected chi connectivity index (χ2v) is 8.08. The first-order valence-electron chi connectivity index (χ1n) is 10.6. The van der Waals surface area contributed by atoms with E-state index in [1.165, 1.54) is 31.4 Å². The number of likely N-dealkylation sites (N-methyl/N-ethyl adjacent to an activating group) is 1. The summed E-state index contributed by atoms with van der Waals surface area (Å²) in [5, 5.41) is 14.1. The monoisotopic (exact) mass is 505 g/mol. The highest BCUT2D eigenvalue weighted by Gasteiger charge is 2.33. The van der Waals surface area contributed by atoms with Crippen molar-refractivity contribution in [3.63, 3.8) is 0 Å². The molecule has 0 aliphatic carbocycles. The van der Waals surface area contributed by atoms with E-state index in [2.05, 4.69) is 15.4 Å². The average Bonchev–Trinajstić information content (AvgIpc) is 2.77. The van der Waals surface area contributed by atoms with E-state index in [9.17, 15) is 37.5 Å². The van der Waals surface area contributed by atoms with Crippen LogP contribution in [0.1, 0.15) is 23.6 Å². The highest BCUT2D eigenvalue weighted by molar-refractivity contribution is 6.14. The summed E-state index contributed by atoms with van der Waals surface area (Å²) in [5.74, 6) is -2.96. The molecule has 2 atom stereocenters. The molecule has 0 radical (unpaired) electrons. The fourth-order valence-corrected chi connectivity index (χ4v) is 3.62. The van der Waals surface area contributed by atoms with Gasteiger partial charge in [-0.3, -0.25) is 14.4 Å². The van der Waals surface area contributed by atoms with Gasteiger partial charge in [-0.25, -0.2) is 4.79 Å². The van der Waals surface area contributed by atoms with Crippen LogP contribution in [-0.4, -0.2) is 53.1 Å². The van der Waals surface area contributed by atoms with E-state index in [0.717, 1.165) is 17.0 Å². The number of aryl methyl sites for hydroxylation is 1. The number of carbonyl (C=O) groups is 4. The number of carbonyl (C=O) groups excluding carboxylic acids is 3. The van der Waals surface area contributed by atoms with Gasteiger partial charge in [0.05, 0.1) is 12.5 Å². The molecule has 1 aliphatic heterocycles. The first-order valence-corrected chi connectivity index (χ1v) is 10.6. The summed E-state index contributed by atoms with van der Waals surface area (Å²) in [4.78, 5) is 49.5. The van der Waals surface area contributed by atoms with Crippen molar-refractivity contribution in [2.75, 3.05) is 7.05 Å². The molecule has 0 bridgehead atoms. The zero-order valence-corrected chi connectivity index (χ0v) is 19.1. The van der Waals surface area contributed by atoms with Crippen LogP contribution >= 0.6 is 0 Å². The van der Waals surface area contributed by atoms with E-state index in [1.807, 2.05) is 0 Å². The zero-order valence-electron chi connectivity index (χ0n) is 19.1. The number of carboxylic acids is 1. The molecule has 0 fully saturated rings. The Labute approximate surface area is 203 Å². The minimum absolute atomic E-state index is 0.350. The van der Waals surface area contributed by atoms with Crippen LogP contribution in [0, 0.1) is 6.92 Å². The normalized spacial score (nSPS) is 16.5. The van der Waals surface area contributed by atoms with Crippen LogP contribution in [0.4, 0.5) is 18.0 Å². The number of aliphatic carboxylic acids is 1. The lowest BCUT2D eigenvalue weighted by Crippen LogP contribution is -2.55. The lowest BCUT2D eigenvalue weighted by molar-refractivity contribution is -0.274. The standard InChI is InChI=1S/C24H22F3N3O6/c1-13-8-15(14-4-3-5-17(11-14)36-24(25,26)27)10-16(9-13)18(12-20(32)33)28-23(35)29-21-19(31)6-7-30(2)22(21)34/h3-11,18,21H,12H2,1-2H3,(H,32,33)(H2,28,29,35). The number of amides is 3. The van der Waals surface area contributed by atoms with E-state index >= 15 is 0 Å². The SMILES string of the molecule is Cc1cc(-c2cccc(OC(F)(F)F)c2)cc(C(CC(=O)O)NC(=O)NC2C(=O)C=CN(C)C2=O)c1. The van der Waals surface area contributed by atoms with Gasteiger partial charge in [-0.05, 0) is 41.8 Å². The third kappa shape index (κ3) is 6.84. The minimum Gasteiger partial charge on any atom is -0.481 e. The van der Waals surface area contributed by atoms with Crippen LogP contribution in [0.2, 0.25) is 0 Å². The molecule has 0 saturated carbocycles. The maximum absolute atomic E-state index is 12.6. The van der Waals surface area contributed by atoms with Gasteiger partial charge in [-0.1, -0.05) is 29.8 Å². The van der Waals surface area contributed by atoms with Gasteiger partial charge in [0.25, 0.3) is 5.91 Å². The number of nitrogens with zero attached hydrogens (tertiary/aromatic N) is 1. The molecule has 3 rings (SSSR count). The average molecular weight is 505 g/mol. The summed E-state index contributed by atoms with van der Waals surface area (Å²) in [6.07, 6.45) is -3.02. The van der Waals surface area contributed by atoms with Crippen LogP contribution in [0.15, 0.2) is 54.7 Å². The Hall–Kier alpha value is -4.35. The number of ketones is 1. The first-order chi connectivity index (χ1) is 16.8. The number of hydrogen-bond acceptors (Lipinski definition) is 5. The molecular weight excluding hydrogens is 483 g/mol. The lowest BCUT2D eigenvalue weighted by atomic mass is 9.95. The van der Waals surface area contributed by atoms with Gasteiger partial charge in [0.15, 0.2) is 11.8 Å². The Morgan fingerprint density at radius 3 is 2.53 bits per heavy atom. The predicted octanol–water partition coefficient (Wildman–Crippen LogP) is 3.30. The number of alkyl halides is 3. The van der Waals surface area contributed by atoms with Gasteiger partial charge in [-0.2, -0.15) is 0 Å². The van der Waals surface area contributed by atoms with E-state index < -0.39 is 54.3 Å². The number of benzene rings is 2. The quantitative estimate of drug-likeness (QED) is 0.496. The third-order valence-electron chi connectivity index (χ3n) is 5.20. The molecule has 36 heavy (non-hydrogen) atoms. The topological polar surface area (TPSA) is 125 Å². The van der Waals surface area contributed by atoms with Crippen molar-refractivity contribution in [3.05, 3.63) is 65.9 Å². The van der Waals surface area contributed by atoms with E-state index in [1.54, 1.807) is 25.1 Å². The molecule has 1 aliphatic rings. The van der Waals surface area contributed by atoms with Gasteiger partial charge in [-0.15, -0.1) is 13.2 Å². The molecule has 2 aromatic rings. The third-order valence-corrected chi connectivity index (χ3v) is 5.20. The molecule has 0 aromatic heterocycles. The molecular formula is C24H22F3N3O6. The van der Waals surface area contributed by atoms with Crippen molar-refractivity contribution in [1.82, 2.24) is 15.5 Å². The van der Waals surface area contributed by atoms with E-state index in [0.29, 0.717) is 22.3 Å². The molecule has 3 amide bonds. The van der Waals surface area contributed by atoms with Crippen LogP contribution < -0.4 is 15.4 Å². The Balaban J connectivity index is 1.87. The number of urea groups is 1. The summed E-state index contributed by atoms with van der Waals surface area (Å²) in [6, 6.07) is 6.59. The highest BCUT2D eigenvalue weighted by atomic mass is 19.4. The number of carboxylic acid groups (broad SMARTS) is 1. The summed E-state index contributed by atoms with van der Waals surface area (Å²) < 4.78 is 41.8. The molecule has 0 spiro atoms. The van der Waals surface area contributed by atoms with Gasteiger partial charge in [0.2, 0.25) is 0 Å².